The third-order valence-electron chi connectivity index (χ3n) is 1.93. The quantitative estimate of drug-likeness (QED) is 0.631. The van der Waals surface area contributed by atoms with Crippen LogP contribution in [0.2, 0.25) is 0 Å². The summed E-state index contributed by atoms with van der Waals surface area (Å²) in [7, 11) is 0. The first kappa shape index (κ1) is 14.6. The molecule has 1 N–H and O–H groups in total. The first-order valence-electron chi connectivity index (χ1n) is 4.16. The van der Waals surface area contributed by atoms with Gasteiger partial charge >= 0.3 is 12.4 Å². The van der Waals surface area contributed by atoms with Crippen LogP contribution in [0.3, 0.4) is 0 Å². The minimum atomic E-state index is -5.41. The van der Waals surface area contributed by atoms with Gasteiger partial charge in [0.15, 0.2) is 0 Å². The molecular weight excluding hydrogens is 290 g/mol. The van der Waals surface area contributed by atoms with Crippen molar-refractivity contribution in [1.82, 2.24) is 0 Å². The lowest BCUT2D eigenvalue weighted by molar-refractivity contribution is -0.163. The number of phenols is 1. The highest BCUT2D eigenvalue weighted by atomic mass is 35.5. The molecule has 0 fully saturated rings. The number of hydrogen-bond acceptors (Lipinski definition) is 2. The molecule has 1 aromatic carbocycles. The summed E-state index contributed by atoms with van der Waals surface area (Å²) in [5, 5.41) is 7.58. The summed E-state index contributed by atoms with van der Waals surface area (Å²) in [6.45, 7) is 0. The smallest absolute Gasteiger partial charge is 0.420 e. The minimum absolute atomic E-state index is 0.0577. The van der Waals surface area contributed by atoms with Crippen molar-refractivity contribution in [3.63, 3.8) is 0 Å². The second-order valence-corrected chi connectivity index (χ2v) is 3.53. The molecule has 18 heavy (non-hydrogen) atoms. The summed E-state index contributed by atoms with van der Waals surface area (Å²) in [6, 6.07) is 0.172. The Morgan fingerprint density at radius 1 is 1.06 bits per heavy atom. The number of carbonyl (C=O) groups is 1. The molecule has 0 atom stereocenters. The maximum Gasteiger partial charge on any atom is 0.420 e. The normalized spacial score (nSPS) is 12.6. The monoisotopic (exact) mass is 292 g/mol. The van der Waals surface area contributed by atoms with Crippen LogP contribution in [0.5, 0.6) is 5.75 Å². The van der Waals surface area contributed by atoms with Crippen LogP contribution in [0.4, 0.5) is 26.3 Å². The topological polar surface area (TPSA) is 37.3 Å². The lowest BCUT2D eigenvalue weighted by atomic mass is 10.0. The van der Waals surface area contributed by atoms with Crippen LogP contribution in [-0.4, -0.2) is 10.3 Å². The molecule has 0 aliphatic carbocycles. The fourth-order valence-electron chi connectivity index (χ4n) is 1.26. The molecule has 0 unspecified atom stereocenters. The predicted molar refractivity (Wildman–Crippen MR) is 48.3 cm³/mol. The number of phenolic OH excluding ortho intramolecular Hbond substituents is 1. The van der Waals surface area contributed by atoms with Gasteiger partial charge in [-0.1, -0.05) is 0 Å². The van der Waals surface area contributed by atoms with E-state index < -0.39 is 40.0 Å². The van der Waals surface area contributed by atoms with E-state index in [4.69, 9.17) is 16.7 Å². The second-order valence-electron chi connectivity index (χ2n) is 3.19. The second kappa shape index (κ2) is 4.34. The van der Waals surface area contributed by atoms with Crippen LogP contribution in [0.15, 0.2) is 12.1 Å². The van der Waals surface area contributed by atoms with Crippen molar-refractivity contribution in [2.75, 3.05) is 0 Å². The number of alkyl halides is 6. The van der Waals surface area contributed by atoms with Crippen LogP contribution >= 0.6 is 11.6 Å². The minimum Gasteiger partial charge on any atom is -0.507 e. The van der Waals surface area contributed by atoms with E-state index in [0.717, 1.165) is 0 Å². The number of halogens is 7. The van der Waals surface area contributed by atoms with Gasteiger partial charge in [-0.3, -0.25) is 4.79 Å². The standard InChI is InChI=1S/C9H3ClF6O2/c10-7(18)3-1-4(8(11,12)13)6(5(17)2-3)9(14,15)16/h1-2,17H. The van der Waals surface area contributed by atoms with Crippen LogP contribution in [0.1, 0.15) is 21.5 Å². The fraction of sp³-hybridized carbons (Fsp3) is 0.222. The van der Waals surface area contributed by atoms with E-state index in [0.29, 0.717) is 0 Å². The van der Waals surface area contributed by atoms with Crippen LogP contribution in [0.25, 0.3) is 0 Å². The molecule has 1 aromatic rings. The van der Waals surface area contributed by atoms with Gasteiger partial charge in [0.05, 0.1) is 5.56 Å². The van der Waals surface area contributed by atoms with E-state index in [-0.39, 0.29) is 12.1 Å². The predicted octanol–water partition coefficient (Wildman–Crippen LogP) is 3.81. The van der Waals surface area contributed by atoms with Gasteiger partial charge in [0.25, 0.3) is 5.24 Å². The molecule has 0 saturated carbocycles. The van der Waals surface area contributed by atoms with Gasteiger partial charge in [-0.25, -0.2) is 0 Å². The number of aromatic hydroxyl groups is 1. The van der Waals surface area contributed by atoms with Gasteiger partial charge in [-0.15, -0.1) is 0 Å². The lowest BCUT2D eigenvalue weighted by Gasteiger charge is -2.17. The number of benzene rings is 1. The molecule has 0 aliphatic rings. The van der Waals surface area contributed by atoms with Gasteiger partial charge in [-0.2, -0.15) is 26.3 Å². The lowest BCUT2D eigenvalue weighted by Crippen LogP contribution is -2.17. The maximum atomic E-state index is 12.4. The summed E-state index contributed by atoms with van der Waals surface area (Å²) in [5.41, 5.74) is -5.30. The highest BCUT2D eigenvalue weighted by Gasteiger charge is 2.45. The zero-order valence-corrected chi connectivity index (χ0v) is 8.91. The van der Waals surface area contributed by atoms with E-state index >= 15 is 0 Å². The molecule has 0 amide bonds. The molecule has 0 bridgehead atoms. The first-order chi connectivity index (χ1) is 7.94. The van der Waals surface area contributed by atoms with E-state index in [9.17, 15) is 31.1 Å². The van der Waals surface area contributed by atoms with Crippen molar-refractivity contribution in [2.45, 2.75) is 12.4 Å². The van der Waals surface area contributed by atoms with Gasteiger partial charge in [0.1, 0.15) is 11.3 Å². The maximum absolute atomic E-state index is 12.4. The molecule has 2 nitrogen and oxygen atoms in total. The highest BCUT2D eigenvalue weighted by molar-refractivity contribution is 6.67. The zero-order chi connectivity index (χ0) is 14.3. The largest absolute Gasteiger partial charge is 0.507 e. The van der Waals surface area contributed by atoms with Gasteiger partial charge in [0, 0.05) is 5.56 Å². The third kappa shape index (κ3) is 2.87. The number of rotatable bonds is 1. The summed E-state index contributed by atoms with van der Waals surface area (Å²) in [4.78, 5) is 10.6. The van der Waals surface area contributed by atoms with Crippen molar-refractivity contribution in [3.05, 3.63) is 28.8 Å². The summed E-state index contributed by atoms with van der Waals surface area (Å²) >= 11 is 4.87. The Morgan fingerprint density at radius 3 is 1.89 bits per heavy atom. The summed E-state index contributed by atoms with van der Waals surface area (Å²) < 4.78 is 74.5. The SMILES string of the molecule is O=C(Cl)c1cc(O)c(C(F)(F)F)c(C(F)(F)F)c1. The molecular formula is C9H3ClF6O2. The van der Waals surface area contributed by atoms with Crippen LogP contribution in [0, 0.1) is 0 Å². The number of carbonyl (C=O) groups excluding carboxylic acids is 1. The van der Waals surface area contributed by atoms with Crippen molar-refractivity contribution in [2.24, 2.45) is 0 Å². The molecule has 100 valence electrons. The van der Waals surface area contributed by atoms with Crippen molar-refractivity contribution in [1.29, 1.82) is 0 Å². The van der Waals surface area contributed by atoms with E-state index in [1.807, 2.05) is 0 Å². The first-order valence-corrected chi connectivity index (χ1v) is 4.53. The third-order valence-corrected chi connectivity index (χ3v) is 2.15. The molecule has 9 heteroatoms. The van der Waals surface area contributed by atoms with Gasteiger partial charge in [0.2, 0.25) is 0 Å². The summed E-state index contributed by atoms with van der Waals surface area (Å²) in [6.07, 6.45) is -10.8. The van der Waals surface area contributed by atoms with Gasteiger partial charge < -0.3 is 5.11 Å². The Labute approximate surface area is 101 Å². The van der Waals surface area contributed by atoms with Crippen LogP contribution in [-0.2, 0) is 12.4 Å². The average molecular weight is 293 g/mol. The Bertz CT molecular complexity index is 491. The Balaban J connectivity index is 3.67. The highest BCUT2D eigenvalue weighted by Crippen LogP contribution is 2.45. The van der Waals surface area contributed by atoms with E-state index in [1.165, 1.54) is 0 Å². The molecule has 0 heterocycles. The summed E-state index contributed by atoms with van der Waals surface area (Å²) in [5.74, 6) is -1.71. The van der Waals surface area contributed by atoms with Crippen molar-refractivity contribution < 1.29 is 36.2 Å². The van der Waals surface area contributed by atoms with E-state index in [1.54, 1.807) is 0 Å². The molecule has 0 aliphatic heterocycles. The van der Waals surface area contributed by atoms with E-state index in [2.05, 4.69) is 0 Å². The molecule has 0 saturated heterocycles. The Kier molecular flexibility index (Phi) is 3.53. The molecule has 1 rings (SSSR count). The molecule has 0 aromatic heterocycles. The van der Waals surface area contributed by atoms with Crippen molar-refractivity contribution in [3.8, 4) is 5.75 Å². The molecule has 0 spiro atoms. The van der Waals surface area contributed by atoms with Crippen molar-refractivity contribution >= 4 is 16.8 Å². The average Bonchev–Trinajstić information content (AvgIpc) is 2.12. The van der Waals surface area contributed by atoms with Crippen LogP contribution < -0.4 is 0 Å². The zero-order valence-electron chi connectivity index (χ0n) is 8.16. The molecule has 0 radical (unpaired) electrons. The Morgan fingerprint density at radius 2 is 1.56 bits per heavy atom. The van der Waals surface area contributed by atoms with Gasteiger partial charge in [-0.05, 0) is 23.7 Å². The Hall–Kier alpha value is -1.44. The number of hydrogen-bond donors (Lipinski definition) is 1. The fourth-order valence-corrected chi connectivity index (χ4v) is 1.37.